The Morgan fingerprint density at radius 1 is 1.13 bits per heavy atom. The molecule has 5 nitrogen and oxygen atoms in total. The molecule has 1 fully saturated rings. The van der Waals surface area contributed by atoms with Gasteiger partial charge in [-0.3, -0.25) is 4.79 Å². The maximum absolute atomic E-state index is 13.2. The van der Waals surface area contributed by atoms with E-state index >= 15 is 0 Å². The van der Waals surface area contributed by atoms with E-state index in [0.717, 1.165) is 29.0 Å². The molecule has 0 unspecified atom stereocenters. The molecule has 0 radical (unpaired) electrons. The molecule has 2 heterocycles. The van der Waals surface area contributed by atoms with Crippen molar-refractivity contribution >= 4 is 11.7 Å². The molecule has 0 spiro atoms. The Morgan fingerprint density at radius 2 is 1.81 bits per heavy atom. The van der Waals surface area contributed by atoms with E-state index in [1.807, 2.05) is 20.8 Å². The van der Waals surface area contributed by atoms with Gasteiger partial charge in [-0.2, -0.15) is 13.2 Å². The van der Waals surface area contributed by atoms with Crippen molar-refractivity contribution in [1.82, 2.24) is 14.9 Å². The van der Waals surface area contributed by atoms with E-state index < -0.39 is 11.7 Å². The molecule has 3 rings (SSSR count). The Morgan fingerprint density at radius 3 is 2.35 bits per heavy atom. The van der Waals surface area contributed by atoms with Crippen LogP contribution >= 0.6 is 0 Å². The van der Waals surface area contributed by atoms with Crippen LogP contribution in [0.3, 0.4) is 0 Å². The number of carbonyl (C=O) groups excluding carboxylic acids is 1. The fourth-order valence-corrected chi connectivity index (χ4v) is 3.82. The molecule has 1 aliphatic heterocycles. The lowest BCUT2D eigenvalue weighted by Gasteiger charge is -2.36. The summed E-state index contributed by atoms with van der Waals surface area (Å²) >= 11 is 0. The van der Waals surface area contributed by atoms with Crippen molar-refractivity contribution < 1.29 is 18.0 Å². The van der Waals surface area contributed by atoms with Crippen molar-refractivity contribution in [1.29, 1.82) is 0 Å². The highest BCUT2D eigenvalue weighted by molar-refractivity contribution is 5.73. The van der Waals surface area contributed by atoms with E-state index in [1.54, 1.807) is 17.9 Å². The number of anilines is 1. The Kier molecular flexibility index (Phi) is 6.86. The van der Waals surface area contributed by atoms with E-state index in [-0.39, 0.29) is 11.8 Å². The van der Waals surface area contributed by atoms with Crippen LogP contribution in [0.4, 0.5) is 19.0 Å². The van der Waals surface area contributed by atoms with Gasteiger partial charge >= 0.3 is 6.18 Å². The first-order valence-corrected chi connectivity index (χ1v) is 10.7. The van der Waals surface area contributed by atoms with Crippen LogP contribution in [-0.2, 0) is 23.8 Å². The molecular weight excluding hydrogens is 405 g/mol. The smallest absolute Gasteiger partial charge is 0.353 e. The van der Waals surface area contributed by atoms with E-state index in [1.165, 1.54) is 12.1 Å². The third-order valence-electron chi connectivity index (χ3n) is 5.60. The molecule has 31 heavy (non-hydrogen) atoms. The minimum atomic E-state index is -4.38. The molecule has 1 aromatic heterocycles. The van der Waals surface area contributed by atoms with E-state index in [2.05, 4.69) is 4.90 Å². The minimum Gasteiger partial charge on any atom is -0.353 e. The van der Waals surface area contributed by atoms with Crippen LogP contribution in [0.2, 0.25) is 0 Å². The van der Waals surface area contributed by atoms with Crippen LogP contribution in [0.15, 0.2) is 24.3 Å². The monoisotopic (exact) mass is 434 g/mol. The highest BCUT2D eigenvalue weighted by Gasteiger charge is 2.31. The van der Waals surface area contributed by atoms with Gasteiger partial charge in [0.05, 0.1) is 5.56 Å². The topological polar surface area (TPSA) is 49.3 Å². The molecule has 168 valence electrons. The number of hydrogen-bond acceptors (Lipinski definition) is 4. The number of alkyl halides is 3. The predicted molar refractivity (Wildman–Crippen MR) is 114 cm³/mol. The number of halogens is 3. The van der Waals surface area contributed by atoms with Crippen LogP contribution in [0.5, 0.6) is 0 Å². The zero-order chi connectivity index (χ0) is 22.8. The van der Waals surface area contributed by atoms with Gasteiger partial charge in [-0.15, -0.1) is 0 Å². The Hall–Kier alpha value is -2.64. The Labute approximate surface area is 181 Å². The Balaban J connectivity index is 2.01. The maximum Gasteiger partial charge on any atom is 0.416 e. The summed E-state index contributed by atoms with van der Waals surface area (Å²) in [6.07, 6.45) is -3.39. The lowest BCUT2D eigenvalue weighted by Crippen LogP contribution is -2.48. The molecule has 1 saturated heterocycles. The summed E-state index contributed by atoms with van der Waals surface area (Å²) in [5.74, 6) is 1.68. The lowest BCUT2D eigenvalue weighted by atomic mass is 9.99. The van der Waals surface area contributed by atoms with E-state index in [0.29, 0.717) is 44.6 Å². The summed E-state index contributed by atoms with van der Waals surface area (Å²) in [6, 6.07) is 5.44. The van der Waals surface area contributed by atoms with Crippen LogP contribution in [0.25, 0.3) is 0 Å². The number of carbonyl (C=O) groups is 1. The van der Waals surface area contributed by atoms with Crippen LogP contribution in [0, 0.1) is 0 Å². The van der Waals surface area contributed by atoms with E-state index in [4.69, 9.17) is 9.97 Å². The number of rotatable bonds is 5. The van der Waals surface area contributed by atoms with Crippen molar-refractivity contribution in [2.45, 2.75) is 52.6 Å². The molecule has 0 saturated carbocycles. The van der Waals surface area contributed by atoms with Gasteiger partial charge in [0.25, 0.3) is 0 Å². The molecule has 8 heteroatoms. The van der Waals surface area contributed by atoms with Gasteiger partial charge in [0.1, 0.15) is 11.6 Å². The summed E-state index contributed by atoms with van der Waals surface area (Å²) < 4.78 is 39.6. The molecule has 0 atom stereocenters. The van der Waals surface area contributed by atoms with Gasteiger partial charge < -0.3 is 9.80 Å². The molecule has 0 N–H and O–H groups in total. The molecule has 0 bridgehead atoms. The lowest BCUT2D eigenvalue weighted by molar-refractivity contribution is -0.137. The Bertz CT molecular complexity index is 935. The summed E-state index contributed by atoms with van der Waals surface area (Å²) in [5.41, 5.74) is 1.65. The van der Waals surface area contributed by atoms with Crippen molar-refractivity contribution in [2.75, 3.05) is 31.1 Å². The van der Waals surface area contributed by atoms with Crippen molar-refractivity contribution in [3.05, 3.63) is 52.5 Å². The minimum absolute atomic E-state index is 0.0450. The van der Waals surface area contributed by atoms with Crippen LogP contribution in [-0.4, -0.2) is 47.0 Å². The summed E-state index contributed by atoms with van der Waals surface area (Å²) in [7, 11) is 0. The second-order valence-corrected chi connectivity index (χ2v) is 8.21. The van der Waals surface area contributed by atoms with Crippen LogP contribution in [0.1, 0.15) is 61.8 Å². The number of nitrogens with zero attached hydrogens (tertiary/aromatic N) is 4. The third kappa shape index (κ3) is 5.35. The summed E-state index contributed by atoms with van der Waals surface area (Å²) in [5, 5.41) is 0. The molecule has 1 aromatic carbocycles. The fraction of sp³-hybridized carbons (Fsp3) is 0.522. The largest absolute Gasteiger partial charge is 0.416 e. The highest BCUT2D eigenvalue weighted by Crippen LogP contribution is 2.32. The number of hydrogen-bond donors (Lipinski definition) is 0. The normalized spacial score (nSPS) is 15.0. The van der Waals surface area contributed by atoms with Gasteiger partial charge in [-0.05, 0) is 18.1 Å². The number of piperazine rings is 1. The zero-order valence-electron chi connectivity index (χ0n) is 18.5. The average molecular weight is 435 g/mol. The van der Waals surface area contributed by atoms with Crippen molar-refractivity contribution in [3.63, 3.8) is 0 Å². The van der Waals surface area contributed by atoms with Crippen molar-refractivity contribution in [2.24, 2.45) is 0 Å². The zero-order valence-corrected chi connectivity index (χ0v) is 18.5. The first kappa shape index (κ1) is 23.0. The molecule has 2 aromatic rings. The van der Waals surface area contributed by atoms with E-state index in [9.17, 15) is 18.0 Å². The number of aromatic nitrogens is 2. The predicted octanol–water partition coefficient (Wildman–Crippen LogP) is 4.44. The standard InChI is InChI=1S/C23H29F3N4O/c1-5-20-19(14-17-7-6-8-18(13-17)23(24,25)26)22(28-21(27-20)15(2)3)30-11-9-29(10-12-30)16(4)31/h6-8,13,15H,5,9-12,14H2,1-4H3. The van der Waals surface area contributed by atoms with Gasteiger partial charge in [-0.1, -0.05) is 39.0 Å². The second kappa shape index (κ2) is 9.24. The van der Waals surface area contributed by atoms with Crippen molar-refractivity contribution in [3.8, 4) is 0 Å². The first-order valence-electron chi connectivity index (χ1n) is 10.7. The number of amides is 1. The molecular formula is C23H29F3N4O. The van der Waals surface area contributed by atoms with Gasteiger partial charge in [0.2, 0.25) is 5.91 Å². The van der Waals surface area contributed by atoms with Gasteiger partial charge in [0.15, 0.2) is 0 Å². The van der Waals surface area contributed by atoms with Gasteiger partial charge in [0, 0.05) is 56.7 Å². The van der Waals surface area contributed by atoms with Gasteiger partial charge in [-0.25, -0.2) is 9.97 Å². The second-order valence-electron chi connectivity index (χ2n) is 8.21. The maximum atomic E-state index is 13.2. The number of aryl methyl sites for hydroxylation is 1. The average Bonchev–Trinajstić information content (AvgIpc) is 2.73. The quantitative estimate of drug-likeness (QED) is 0.698. The fourth-order valence-electron chi connectivity index (χ4n) is 3.82. The summed E-state index contributed by atoms with van der Waals surface area (Å²) in [4.78, 5) is 25.2. The molecule has 0 aliphatic carbocycles. The SMILES string of the molecule is CCc1nc(C(C)C)nc(N2CCN(C(C)=O)CC2)c1Cc1cccc(C(F)(F)F)c1. The first-order chi connectivity index (χ1) is 14.6. The third-order valence-corrected chi connectivity index (χ3v) is 5.60. The molecule has 1 aliphatic rings. The summed E-state index contributed by atoms with van der Waals surface area (Å²) in [6.45, 7) is 10.1. The van der Waals surface area contributed by atoms with Crippen LogP contribution < -0.4 is 4.90 Å². The molecule has 1 amide bonds. The number of benzene rings is 1. The highest BCUT2D eigenvalue weighted by atomic mass is 19.4.